The first-order valence-electron chi connectivity index (χ1n) is 10.3. The maximum absolute atomic E-state index is 13.1. The molecule has 1 aliphatic heterocycles. The summed E-state index contributed by atoms with van der Waals surface area (Å²) < 4.78 is 34.2. The van der Waals surface area contributed by atoms with Crippen LogP contribution in [-0.4, -0.2) is 54.3 Å². The molecular formula is C22H25N3O5S. The molecule has 1 aromatic heterocycles. The molecule has 1 aliphatic rings. The van der Waals surface area contributed by atoms with Crippen LogP contribution >= 0.6 is 0 Å². The van der Waals surface area contributed by atoms with Crippen molar-refractivity contribution < 1.29 is 17.6 Å². The third-order valence-electron chi connectivity index (χ3n) is 5.66. The van der Waals surface area contributed by atoms with Gasteiger partial charge in [-0.3, -0.25) is 9.36 Å². The summed E-state index contributed by atoms with van der Waals surface area (Å²) >= 11 is 0. The van der Waals surface area contributed by atoms with E-state index in [1.807, 2.05) is 38.1 Å². The normalized spacial score (nSPS) is 15.5. The van der Waals surface area contributed by atoms with E-state index in [2.05, 4.69) is 0 Å². The molecule has 1 saturated heterocycles. The number of benzene rings is 2. The van der Waals surface area contributed by atoms with Crippen molar-refractivity contribution in [3.05, 3.63) is 64.1 Å². The van der Waals surface area contributed by atoms with Crippen LogP contribution in [-0.2, 0) is 27.8 Å². The van der Waals surface area contributed by atoms with Crippen LogP contribution in [0.2, 0.25) is 0 Å². The van der Waals surface area contributed by atoms with Crippen molar-refractivity contribution in [3.8, 4) is 0 Å². The third-order valence-corrected chi connectivity index (χ3v) is 7.56. The number of amides is 1. The Morgan fingerprint density at radius 1 is 1.03 bits per heavy atom. The minimum absolute atomic E-state index is 0.00926. The number of aromatic nitrogens is 1. The summed E-state index contributed by atoms with van der Waals surface area (Å²) in [7, 11) is -3.75. The van der Waals surface area contributed by atoms with Crippen LogP contribution in [0.15, 0.2) is 56.6 Å². The summed E-state index contributed by atoms with van der Waals surface area (Å²) in [4.78, 5) is 26.3. The summed E-state index contributed by atoms with van der Waals surface area (Å²) in [6, 6.07) is 12.3. The molecule has 0 bridgehead atoms. The van der Waals surface area contributed by atoms with E-state index >= 15 is 0 Å². The van der Waals surface area contributed by atoms with Crippen molar-refractivity contribution in [3.63, 3.8) is 0 Å². The number of carbonyl (C=O) groups excluding carboxylic acids is 1. The first-order valence-corrected chi connectivity index (χ1v) is 11.7. The van der Waals surface area contributed by atoms with Gasteiger partial charge in [-0.25, -0.2) is 13.2 Å². The van der Waals surface area contributed by atoms with Crippen LogP contribution in [0.4, 0.5) is 0 Å². The summed E-state index contributed by atoms with van der Waals surface area (Å²) in [6.45, 7) is 5.38. The van der Waals surface area contributed by atoms with Crippen molar-refractivity contribution in [2.75, 3.05) is 26.2 Å². The SMILES string of the molecule is CCn1c(=O)oc2cc(S(=O)(=O)N3CCN(C(=O)Cc4ccc(C)cc4)CC3)ccc21. The largest absolute Gasteiger partial charge is 0.419 e. The first-order chi connectivity index (χ1) is 14.8. The Morgan fingerprint density at radius 2 is 1.71 bits per heavy atom. The van der Waals surface area contributed by atoms with E-state index in [-0.39, 0.29) is 29.5 Å². The topological polar surface area (TPSA) is 92.8 Å². The van der Waals surface area contributed by atoms with Crippen molar-refractivity contribution in [2.24, 2.45) is 0 Å². The molecule has 4 rings (SSSR count). The highest BCUT2D eigenvalue weighted by Gasteiger charge is 2.30. The first kappa shape index (κ1) is 21.3. The molecule has 0 radical (unpaired) electrons. The number of fused-ring (bicyclic) bond motifs is 1. The Balaban J connectivity index is 1.45. The fourth-order valence-electron chi connectivity index (χ4n) is 3.83. The maximum Gasteiger partial charge on any atom is 0.419 e. The van der Waals surface area contributed by atoms with Gasteiger partial charge in [-0.05, 0) is 31.5 Å². The van der Waals surface area contributed by atoms with Crippen LogP contribution in [0.1, 0.15) is 18.1 Å². The molecule has 9 heteroatoms. The quantitative estimate of drug-likeness (QED) is 0.601. The summed E-state index contributed by atoms with van der Waals surface area (Å²) in [5.74, 6) is -0.516. The third kappa shape index (κ3) is 4.15. The molecule has 0 atom stereocenters. The Bertz CT molecular complexity index is 1270. The zero-order valence-electron chi connectivity index (χ0n) is 17.6. The molecule has 1 amide bonds. The van der Waals surface area contributed by atoms with Gasteiger partial charge in [0, 0.05) is 38.8 Å². The lowest BCUT2D eigenvalue weighted by molar-refractivity contribution is -0.131. The predicted molar refractivity (Wildman–Crippen MR) is 116 cm³/mol. The second-order valence-electron chi connectivity index (χ2n) is 7.69. The highest BCUT2D eigenvalue weighted by atomic mass is 32.2. The number of carbonyl (C=O) groups is 1. The zero-order valence-corrected chi connectivity index (χ0v) is 18.4. The molecule has 0 saturated carbocycles. The molecule has 1 fully saturated rings. The van der Waals surface area contributed by atoms with E-state index in [4.69, 9.17) is 4.42 Å². The standard InChI is InChI=1S/C22H25N3O5S/c1-3-25-19-9-8-18(15-20(19)30-22(25)27)31(28,29)24-12-10-23(11-13-24)21(26)14-17-6-4-16(2)5-7-17/h4-9,15H,3,10-14H2,1-2H3. The molecule has 0 spiro atoms. The molecule has 164 valence electrons. The highest BCUT2D eigenvalue weighted by Crippen LogP contribution is 2.23. The number of rotatable bonds is 5. The monoisotopic (exact) mass is 443 g/mol. The Labute approximate surface area is 180 Å². The smallest absolute Gasteiger partial charge is 0.408 e. The second kappa shape index (κ2) is 8.32. The minimum atomic E-state index is -3.75. The van der Waals surface area contributed by atoms with Gasteiger partial charge >= 0.3 is 5.76 Å². The predicted octanol–water partition coefficient (Wildman–Crippen LogP) is 2.00. The van der Waals surface area contributed by atoms with Crippen molar-refractivity contribution in [2.45, 2.75) is 31.7 Å². The van der Waals surface area contributed by atoms with Crippen LogP contribution in [0, 0.1) is 6.92 Å². The number of hydrogen-bond acceptors (Lipinski definition) is 5. The van der Waals surface area contributed by atoms with Gasteiger partial charge in [0.25, 0.3) is 0 Å². The number of oxazole rings is 1. The van der Waals surface area contributed by atoms with Gasteiger partial charge in [0.1, 0.15) is 0 Å². The Kier molecular flexibility index (Phi) is 5.72. The molecular weight excluding hydrogens is 418 g/mol. The lowest BCUT2D eigenvalue weighted by Gasteiger charge is -2.34. The molecule has 2 aromatic carbocycles. The Hall–Kier alpha value is -2.91. The van der Waals surface area contributed by atoms with E-state index in [1.54, 1.807) is 11.0 Å². The molecule has 0 unspecified atom stereocenters. The van der Waals surface area contributed by atoms with Gasteiger partial charge in [0.15, 0.2) is 5.58 Å². The van der Waals surface area contributed by atoms with E-state index in [9.17, 15) is 18.0 Å². The number of aryl methyl sites for hydroxylation is 2. The molecule has 8 nitrogen and oxygen atoms in total. The van der Waals surface area contributed by atoms with E-state index < -0.39 is 15.8 Å². The van der Waals surface area contributed by atoms with Gasteiger partial charge in [0.05, 0.1) is 16.8 Å². The van der Waals surface area contributed by atoms with Gasteiger partial charge in [-0.1, -0.05) is 29.8 Å². The van der Waals surface area contributed by atoms with Crippen LogP contribution in [0.3, 0.4) is 0 Å². The summed E-state index contributed by atoms with van der Waals surface area (Å²) in [5.41, 5.74) is 2.90. The van der Waals surface area contributed by atoms with Gasteiger partial charge < -0.3 is 9.32 Å². The lowest BCUT2D eigenvalue weighted by Crippen LogP contribution is -2.50. The van der Waals surface area contributed by atoms with Crippen molar-refractivity contribution in [1.29, 1.82) is 0 Å². The lowest BCUT2D eigenvalue weighted by atomic mass is 10.1. The molecule has 0 aliphatic carbocycles. The van der Waals surface area contributed by atoms with Crippen LogP contribution in [0.25, 0.3) is 11.1 Å². The average Bonchev–Trinajstić information content (AvgIpc) is 3.09. The number of nitrogens with zero attached hydrogens (tertiary/aromatic N) is 3. The van der Waals surface area contributed by atoms with Crippen LogP contribution < -0.4 is 5.76 Å². The van der Waals surface area contributed by atoms with Gasteiger partial charge in [-0.15, -0.1) is 0 Å². The summed E-state index contributed by atoms with van der Waals surface area (Å²) in [5, 5.41) is 0. The molecule has 2 heterocycles. The van der Waals surface area contributed by atoms with E-state index in [0.29, 0.717) is 31.6 Å². The van der Waals surface area contributed by atoms with E-state index in [0.717, 1.165) is 11.1 Å². The molecule has 3 aromatic rings. The fraction of sp³-hybridized carbons (Fsp3) is 0.364. The highest BCUT2D eigenvalue weighted by molar-refractivity contribution is 7.89. The summed E-state index contributed by atoms with van der Waals surface area (Å²) in [6.07, 6.45) is 0.303. The molecule has 31 heavy (non-hydrogen) atoms. The number of piperazine rings is 1. The average molecular weight is 444 g/mol. The van der Waals surface area contributed by atoms with Gasteiger partial charge in [-0.2, -0.15) is 4.31 Å². The maximum atomic E-state index is 13.1. The van der Waals surface area contributed by atoms with Crippen LogP contribution in [0.5, 0.6) is 0 Å². The van der Waals surface area contributed by atoms with Gasteiger partial charge in [0.2, 0.25) is 15.9 Å². The van der Waals surface area contributed by atoms with Crippen molar-refractivity contribution in [1.82, 2.24) is 13.8 Å². The molecule has 0 N–H and O–H groups in total. The van der Waals surface area contributed by atoms with E-state index in [1.165, 1.54) is 21.0 Å². The number of hydrogen-bond donors (Lipinski definition) is 0. The Morgan fingerprint density at radius 3 is 2.35 bits per heavy atom. The van der Waals surface area contributed by atoms with Crippen molar-refractivity contribution >= 4 is 27.0 Å². The number of sulfonamides is 1. The second-order valence-corrected chi connectivity index (χ2v) is 9.63. The fourth-order valence-corrected chi connectivity index (χ4v) is 5.26. The zero-order chi connectivity index (χ0) is 22.2. The minimum Gasteiger partial charge on any atom is -0.408 e.